The second-order valence-corrected chi connectivity index (χ2v) is 7.76. The highest BCUT2D eigenvalue weighted by Crippen LogP contribution is 2.36. The summed E-state index contributed by atoms with van der Waals surface area (Å²) in [4.78, 5) is 12.4. The van der Waals surface area contributed by atoms with Crippen LogP contribution in [0.5, 0.6) is 0 Å². The van der Waals surface area contributed by atoms with Gasteiger partial charge in [0.25, 0.3) is 0 Å². The topological polar surface area (TPSA) is 26.3 Å². The smallest absolute Gasteiger partial charge is 0.338 e. The second-order valence-electron chi connectivity index (χ2n) is 7.76. The summed E-state index contributed by atoms with van der Waals surface area (Å²) in [6, 6.07) is 7.92. The van der Waals surface area contributed by atoms with Crippen molar-refractivity contribution in [2.45, 2.75) is 71.8 Å². The van der Waals surface area contributed by atoms with E-state index in [4.69, 9.17) is 4.74 Å². The van der Waals surface area contributed by atoms with Gasteiger partial charge in [0.1, 0.15) is 5.60 Å². The van der Waals surface area contributed by atoms with Crippen molar-refractivity contribution in [3.63, 3.8) is 0 Å². The van der Waals surface area contributed by atoms with Gasteiger partial charge in [-0.1, -0.05) is 39.8 Å². The van der Waals surface area contributed by atoms with Gasteiger partial charge in [-0.05, 0) is 61.6 Å². The molecule has 0 saturated heterocycles. The molecule has 1 aromatic rings. The number of hydrogen-bond donors (Lipinski definition) is 0. The van der Waals surface area contributed by atoms with Gasteiger partial charge in [0.05, 0.1) is 5.56 Å². The predicted octanol–water partition coefficient (Wildman–Crippen LogP) is 5.33. The second kappa shape index (κ2) is 5.82. The van der Waals surface area contributed by atoms with Crippen LogP contribution in [-0.2, 0) is 4.74 Å². The maximum absolute atomic E-state index is 12.4. The standard InChI is InChI=1S/C19H28O2/c1-14(18(2,3)4)15-9-8-10-16(13-15)17(20)21-19(5)11-6-7-12-19/h8-10,13-14H,6-7,11-12H2,1-5H3. The summed E-state index contributed by atoms with van der Waals surface area (Å²) in [5.74, 6) is 0.217. The van der Waals surface area contributed by atoms with Gasteiger partial charge in [0.2, 0.25) is 0 Å². The van der Waals surface area contributed by atoms with Gasteiger partial charge in [-0.3, -0.25) is 0 Å². The Bertz CT molecular complexity index is 505. The molecular weight excluding hydrogens is 260 g/mol. The summed E-state index contributed by atoms with van der Waals surface area (Å²) in [5.41, 5.74) is 1.80. The minimum absolute atomic E-state index is 0.178. The van der Waals surface area contributed by atoms with E-state index in [9.17, 15) is 4.79 Å². The molecule has 0 spiro atoms. The summed E-state index contributed by atoms with van der Waals surface area (Å²) in [6.45, 7) is 10.9. The normalized spacial score (nSPS) is 19.3. The Morgan fingerprint density at radius 3 is 2.43 bits per heavy atom. The van der Waals surface area contributed by atoms with Crippen LogP contribution in [0.1, 0.15) is 82.1 Å². The van der Waals surface area contributed by atoms with Crippen molar-refractivity contribution in [3.05, 3.63) is 35.4 Å². The molecule has 0 N–H and O–H groups in total. The van der Waals surface area contributed by atoms with Crippen LogP contribution in [0.25, 0.3) is 0 Å². The van der Waals surface area contributed by atoms with E-state index in [0.29, 0.717) is 11.5 Å². The highest BCUT2D eigenvalue weighted by atomic mass is 16.6. The van der Waals surface area contributed by atoms with Gasteiger partial charge < -0.3 is 4.74 Å². The van der Waals surface area contributed by atoms with Crippen LogP contribution in [0.3, 0.4) is 0 Å². The van der Waals surface area contributed by atoms with Crippen molar-refractivity contribution in [1.82, 2.24) is 0 Å². The first kappa shape index (κ1) is 16.1. The summed E-state index contributed by atoms with van der Waals surface area (Å²) in [7, 11) is 0. The third-order valence-electron chi connectivity index (χ3n) is 4.92. The molecule has 0 aromatic heterocycles. The number of benzene rings is 1. The number of carbonyl (C=O) groups is 1. The van der Waals surface area contributed by atoms with E-state index in [1.54, 1.807) is 0 Å². The summed E-state index contributed by atoms with van der Waals surface area (Å²) in [6.07, 6.45) is 4.28. The zero-order chi connectivity index (χ0) is 15.7. The van der Waals surface area contributed by atoms with E-state index in [2.05, 4.69) is 40.7 Å². The van der Waals surface area contributed by atoms with Crippen molar-refractivity contribution in [1.29, 1.82) is 0 Å². The summed E-state index contributed by atoms with van der Waals surface area (Å²) < 4.78 is 5.77. The van der Waals surface area contributed by atoms with E-state index in [-0.39, 0.29) is 17.0 Å². The monoisotopic (exact) mass is 288 g/mol. The van der Waals surface area contributed by atoms with Gasteiger partial charge in [-0.15, -0.1) is 0 Å². The number of esters is 1. The largest absolute Gasteiger partial charge is 0.456 e. The highest BCUT2D eigenvalue weighted by Gasteiger charge is 2.33. The molecule has 0 bridgehead atoms. The van der Waals surface area contributed by atoms with Gasteiger partial charge in [0.15, 0.2) is 0 Å². The molecule has 2 rings (SSSR count). The SMILES string of the molecule is CC(c1cccc(C(=O)OC2(C)CCCC2)c1)C(C)(C)C. The van der Waals surface area contributed by atoms with Crippen LogP contribution < -0.4 is 0 Å². The van der Waals surface area contributed by atoms with E-state index in [0.717, 1.165) is 25.7 Å². The molecule has 21 heavy (non-hydrogen) atoms. The Labute approximate surface area is 128 Å². The van der Waals surface area contributed by atoms with Crippen LogP contribution >= 0.6 is 0 Å². The molecule has 0 radical (unpaired) electrons. The Morgan fingerprint density at radius 2 is 1.86 bits per heavy atom. The number of rotatable bonds is 3. The zero-order valence-electron chi connectivity index (χ0n) is 14.0. The van der Waals surface area contributed by atoms with E-state index in [1.807, 2.05) is 18.2 Å². The fourth-order valence-electron chi connectivity index (χ4n) is 2.94. The fourth-order valence-corrected chi connectivity index (χ4v) is 2.94. The average molecular weight is 288 g/mol. The molecule has 2 heteroatoms. The maximum Gasteiger partial charge on any atom is 0.338 e. The first-order valence-electron chi connectivity index (χ1n) is 8.05. The number of hydrogen-bond acceptors (Lipinski definition) is 2. The van der Waals surface area contributed by atoms with Crippen LogP contribution in [0.2, 0.25) is 0 Å². The molecule has 2 nitrogen and oxygen atoms in total. The van der Waals surface area contributed by atoms with Gasteiger partial charge in [-0.2, -0.15) is 0 Å². The summed E-state index contributed by atoms with van der Waals surface area (Å²) in [5, 5.41) is 0. The van der Waals surface area contributed by atoms with E-state index >= 15 is 0 Å². The lowest BCUT2D eigenvalue weighted by Gasteiger charge is -2.28. The lowest BCUT2D eigenvalue weighted by Crippen LogP contribution is -2.28. The Hall–Kier alpha value is -1.31. The fraction of sp³-hybridized carbons (Fsp3) is 0.632. The van der Waals surface area contributed by atoms with Gasteiger partial charge in [0, 0.05) is 0 Å². The molecule has 1 aromatic carbocycles. The van der Waals surface area contributed by atoms with Crippen molar-refractivity contribution in [2.75, 3.05) is 0 Å². The molecule has 0 heterocycles. The Kier molecular flexibility index (Phi) is 4.46. The van der Waals surface area contributed by atoms with Crippen molar-refractivity contribution >= 4 is 5.97 Å². The molecule has 1 aliphatic carbocycles. The van der Waals surface area contributed by atoms with Crippen LogP contribution in [-0.4, -0.2) is 11.6 Å². The number of carbonyl (C=O) groups excluding carboxylic acids is 1. The highest BCUT2D eigenvalue weighted by molar-refractivity contribution is 5.90. The van der Waals surface area contributed by atoms with Crippen molar-refractivity contribution in [3.8, 4) is 0 Å². The van der Waals surface area contributed by atoms with Gasteiger partial charge in [-0.25, -0.2) is 4.79 Å². The minimum Gasteiger partial charge on any atom is -0.456 e. The lowest BCUT2D eigenvalue weighted by molar-refractivity contribution is -0.00610. The predicted molar refractivity (Wildman–Crippen MR) is 86.6 cm³/mol. The van der Waals surface area contributed by atoms with Crippen LogP contribution in [0, 0.1) is 5.41 Å². The maximum atomic E-state index is 12.4. The minimum atomic E-state index is -0.261. The van der Waals surface area contributed by atoms with Crippen LogP contribution in [0.15, 0.2) is 24.3 Å². The molecule has 1 saturated carbocycles. The third-order valence-corrected chi connectivity index (χ3v) is 4.92. The van der Waals surface area contributed by atoms with E-state index in [1.165, 1.54) is 5.56 Å². The van der Waals surface area contributed by atoms with E-state index < -0.39 is 0 Å². The number of ether oxygens (including phenoxy) is 1. The quantitative estimate of drug-likeness (QED) is 0.703. The molecule has 116 valence electrons. The first-order chi connectivity index (χ1) is 9.71. The molecule has 0 amide bonds. The lowest BCUT2D eigenvalue weighted by atomic mass is 9.77. The molecule has 1 unspecified atom stereocenters. The zero-order valence-corrected chi connectivity index (χ0v) is 14.0. The van der Waals surface area contributed by atoms with Crippen molar-refractivity contribution < 1.29 is 9.53 Å². The Morgan fingerprint density at radius 1 is 1.24 bits per heavy atom. The molecular formula is C19H28O2. The summed E-state index contributed by atoms with van der Waals surface area (Å²) >= 11 is 0. The molecule has 0 aliphatic heterocycles. The Balaban J connectivity index is 2.15. The molecule has 1 atom stereocenters. The average Bonchev–Trinajstić information content (AvgIpc) is 2.83. The van der Waals surface area contributed by atoms with Crippen molar-refractivity contribution in [2.24, 2.45) is 5.41 Å². The molecule has 1 fully saturated rings. The first-order valence-corrected chi connectivity index (χ1v) is 8.05. The third kappa shape index (κ3) is 3.87. The van der Waals surface area contributed by atoms with Gasteiger partial charge >= 0.3 is 5.97 Å². The molecule has 1 aliphatic rings. The van der Waals surface area contributed by atoms with Crippen LogP contribution in [0.4, 0.5) is 0 Å².